The van der Waals surface area contributed by atoms with E-state index in [1.807, 2.05) is 24.4 Å². The minimum atomic E-state index is -0.643. The number of esters is 1. The smallest absolute Gasteiger partial charge is 0.338 e. The number of hydrogen-bond donors (Lipinski definition) is 0. The van der Waals surface area contributed by atoms with Gasteiger partial charge in [0.25, 0.3) is 17.7 Å². The van der Waals surface area contributed by atoms with Gasteiger partial charge in [-0.2, -0.15) is 4.98 Å². The zero-order valence-corrected chi connectivity index (χ0v) is 16.4. The Bertz CT molecular complexity index is 1070. The fourth-order valence-electron chi connectivity index (χ4n) is 2.97. The molecule has 1 aromatic carbocycles. The first kappa shape index (κ1) is 19.0. The van der Waals surface area contributed by atoms with Crippen molar-refractivity contribution in [3.8, 4) is 10.7 Å². The summed E-state index contributed by atoms with van der Waals surface area (Å²) in [5, 5.41) is 5.75. The second-order valence-corrected chi connectivity index (χ2v) is 7.39. The first-order valence-corrected chi connectivity index (χ1v) is 10.00. The van der Waals surface area contributed by atoms with Crippen LogP contribution < -0.4 is 0 Å². The maximum atomic E-state index is 12.5. The zero-order valence-electron chi connectivity index (χ0n) is 15.6. The van der Waals surface area contributed by atoms with Gasteiger partial charge in [0.15, 0.2) is 6.61 Å². The van der Waals surface area contributed by atoms with Gasteiger partial charge in [0.1, 0.15) is 0 Å². The van der Waals surface area contributed by atoms with Gasteiger partial charge in [-0.15, -0.1) is 11.3 Å². The van der Waals surface area contributed by atoms with E-state index < -0.39 is 5.97 Å². The highest BCUT2D eigenvalue weighted by molar-refractivity contribution is 7.13. The zero-order chi connectivity index (χ0) is 20.4. The lowest BCUT2D eigenvalue weighted by Crippen LogP contribution is -2.30. The third-order valence-electron chi connectivity index (χ3n) is 4.48. The highest BCUT2D eigenvalue weighted by atomic mass is 32.1. The number of rotatable bonds is 7. The first-order valence-electron chi connectivity index (χ1n) is 9.12. The van der Waals surface area contributed by atoms with Crippen LogP contribution in [0.15, 0.2) is 40.2 Å². The lowest BCUT2D eigenvalue weighted by atomic mass is 10.1. The highest BCUT2D eigenvalue weighted by Gasteiger charge is 2.35. The molecular weight excluding hydrogens is 394 g/mol. The minimum absolute atomic E-state index is 0.167. The second kappa shape index (κ2) is 7.96. The third-order valence-corrected chi connectivity index (χ3v) is 5.34. The van der Waals surface area contributed by atoms with Crippen molar-refractivity contribution in [1.29, 1.82) is 0 Å². The molecule has 29 heavy (non-hydrogen) atoms. The quantitative estimate of drug-likeness (QED) is 0.433. The number of benzene rings is 1. The van der Waals surface area contributed by atoms with Crippen LogP contribution in [0.3, 0.4) is 0 Å². The van der Waals surface area contributed by atoms with Crippen LogP contribution in [0, 0.1) is 0 Å². The van der Waals surface area contributed by atoms with E-state index in [1.54, 1.807) is 0 Å². The summed E-state index contributed by atoms with van der Waals surface area (Å²) in [5.74, 6) is -0.758. The van der Waals surface area contributed by atoms with Crippen LogP contribution in [-0.4, -0.2) is 39.4 Å². The van der Waals surface area contributed by atoms with Gasteiger partial charge in [-0.05, 0) is 36.1 Å². The summed E-state index contributed by atoms with van der Waals surface area (Å²) in [5.41, 5.74) is 0.707. The predicted octanol–water partition coefficient (Wildman–Crippen LogP) is 3.55. The van der Waals surface area contributed by atoms with Crippen molar-refractivity contribution in [2.24, 2.45) is 0 Å². The molecule has 0 spiro atoms. The molecule has 0 aliphatic carbocycles. The summed E-state index contributed by atoms with van der Waals surface area (Å²) in [7, 11) is 0. The van der Waals surface area contributed by atoms with Gasteiger partial charge in [-0.1, -0.05) is 24.6 Å². The summed E-state index contributed by atoms with van der Waals surface area (Å²) < 4.78 is 10.3. The van der Waals surface area contributed by atoms with Gasteiger partial charge < -0.3 is 9.26 Å². The van der Waals surface area contributed by atoms with E-state index in [0.29, 0.717) is 17.9 Å². The van der Waals surface area contributed by atoms with Crippen LogP contribution in [0.1, 0.15) is 56.7 Å². The molecule has 0 fully saturated rings. The number of carbonyl (C=O) groups excluding carboxylic acids is 3. The van der Waals surface area contributed by atoms with E-state index >= 15 is 0 Å². The molecule has 3 aromatic rings. The van der Waals surface area contributed by atoms with Gasteiger partial charge >= 0.3 is 5.97 Å². The molecule has 4 rings (SSSR count). The Kier molecular flexibility index (Phi) is 5.22. The molecule has 8 nitrogen and oxygen atoms in total. The molecule has 2 aromatic heterocycles. The molecule has 0 saturated carbocycles. The SMILES string of the molecule is CCCCN1C(=O)c2ccc(C(=O)OCc3nc(-c4cccs4)no3)cc2C1=O. The Balaban J connectivity index is 1.44. The van der Waals surface area contributed by atoms with Crippen molar-refractivity contribution in [2.75, 3.05) is 6.54 Å². The monoisotopic (exact) mass is 411 g/mol. The number of thiophene rings is 1. The summed E-state index contributed by atoms with van der Waals surface area (Å²) in [6, 6.07) is 8.09. The summed E-state index contributed by atoms with van der Waals surface area (Å²) in [6.07, 6.45) is 1.60. The third kappa shape index (κ3) is 3.68. The van der Waals surface area contributed by atoms with E-state index in [0.717, 1.165) is 17.7 Å². The van der Waals surface area contributed by atoms with Crippen molar-refractivity contribution in [1.82, 2.24) is 15.0 Å². The lowest BCUT2D eigenvalue weighted by molar-refractivity contribution is 0.0429. The number of aromatic nitrogens is 2. The number of ether oxygens (including phenoxy) is 1. The van der Waals surface area contributed by atoms with Crippen LogP contribution in [0.25, 0.3) is 10.7 Å². The molecule has 3 heterocycles. The molecule has 2 amide bonds. The van der Waals surface area contributed by atoms with Crippen molar-refractivity contribution in [3.05, 3.63) is 58.3 Å². The summed E-state index contributed by atoms with van der Waals surface area (Å²) in [6.45, 7) is 2.16. The molecule has 0 unspecified atom stereocenters. The van der Waals surface area contributed by atoms with E-state index in [1.165, 1.54) is 34.4 Å². The summed E-state index contributed by atoms with van der Waals surface area (Å²) >= 11 is 1.47. The van der Waals surface area contributed by atoms with Crippen LogP contribution in [0.2, 0.25) is 0 Å². The second-order valence-electron chi connectivity index (χ2n) is 6.44. The minimum Gasteiger partial charge on any atom is -0.452 e. The molecule has 0 radical (unpaired) electrons. The lowest BCUT2D eigenvalue weighted by Gasteiger charge is -2.12. The number of imide groups is 1. The standard InChI is InChI=1S/C20H17N3O5S/c1-2-3-8-23-18(24)13-7-6-12(10-14(13)19(23)25)20(26)27-11-16-21-17(22-28-16)15-5-4-9-29-15/h4-7,9-10H,2-3,8,11H2,1H3. The maximum absolute atomic E-state index is 12.5. The number of carbonyl (C=O) groups is 3. The van der Waals surface area contributed by atoms with Crippen LogP contribution in [-0.2, 0) is 11.3 Å². The summed E-state index contributed by atoms with van der Waals surface area (Å²) in [4.78, 5) is 43.5. The molecule has 9 heteroatoms. The molecular formula is C20H17N3O5S. The molecule has 0 atom stereocenters. The highest BCUT2D eigenvalue weighted by Crippen LogP contribution is 2.25. The van der Waals surface area contributed by atoms with Crippen molar-refractivity contribution in [2.45, 2.75) is 26.4 Å². The van der Waals surface area contributed by atoms with Gasteiger partial charge in [-0.25, -0.2) is 4.79 Å². The fraction of sp³-hybridized carbons (Fsp3) is 0.250. The maximum Gasteiger partial charge on any atom is 0.338 e. The van der Waals surface area contributed by atoms with Crippen LogP contribution in [0.4, 0.5) is 0 Å². The topological polar surface area (TPSA) is 103 Å². The van der Waals surface area contributed by atoms with Gasteiger partial charge in [0.05, 0.1) is 21.6 Å². The number of nitrogens with zero attached hydrogens (tertiary/aromatic N) is 3. The largest absolute Gasteiger partial charge is 0.452 e. The van der Waals surface area contributed by atoms with Crippen LogP contribution in [0.5, 0.6) is 0 Å². The number of unbranched alkanes of at least 4 members (excludes halogenated alkanes) is 1. The molecule has 1 aliphatic heterocycles. The molecule has 148 valence electrons. The fourth-order valence-corrected chi connectivity index (χ4v) is 3.62. The normalized spacial score (nSPS) is 13.1. The Morgan fingerprint density at radius 3 is 2.79 bits per heavy atom. The van der Waals surface area contributed by atoms with Crippen molar-refractivity contribution < 1.29 is 23.6 Å². The Morgan fingerprint density at radius 2 is 2.03 bits per heavy atom. The molecule has 1 aliphatic rings. The first-order chi connectivity index (χ1) is 14.1. The van der Waals surface area contributed by atoms with E-state index in [4.69, 9.17) is 9.26 Å². The Labute approximate surface area is 170 Å². The van der Waals surface area contributed by atoms with Crippen LogP contribution >= 0.6 is 11.3 Å². The number of amides is 2. The Hall–Kier alpha value is -3.33. The van der Waals surface area contributed by atoms with Gasteiger partial charge in [0, 0.05) is 6.54 Å². The molecule has 0 bridgehead atoms. The number of hydrogen-bond acceptors (Lipinski definition) is 8. The average molecular weight is 411 g/mol. The van der Waals surface area contributed by atoms with E-state index in [2.05, 4.69) is 10.1 Å². The number of fused-ring (bicyclic) bond motifs is 1. The van der Waals surface area contributed by atoms with Gasteiger partial charge in [0.2, 0.25) is 5.82 Å². The predicted molar refractivity (Wildman–Crippen MR) is 103 cm³/mol. The van der Waals surface area contributed by atoms with Crippen molar-refractivity contribution >= 4 is 29.1 Å². The van der Waals surface area contributed by atoms with Gasteiger partial charge in [-0.3, -0.25) is 14.5 Å². The van der Waals surface area contributed by atoms with E-state index in [-0.39, 0.29) is 35.4 Å². The molecule has 0 N–H and O–H groups in total. The van der Waals surface area contributed by atoms with E-state index in [9.17, 15) is 14.4 Å². The average Bonchev–Trinajstić information content (AvgIpc) is 3.46. The van der Waals surface area contributed by atoms with Crippen molar-refractivity contribution in [3.63, 3.8) is 0 Å². The Morgan fingerprint density at radius 1 is 1.21 bits per heavy atom. The molecule has 0 saturated heterocycles.